The molecule has 0 fully saturated rings. The van der Waals surface area contributed by atoms with Crippen molar-refractivity contribution in [3.05, 3.63) is 42.1 Å². The first-order valence-electron chi connectivity index (χ1n) is 6.75. The summed E-state index contributed by atoms with van der Waals surface area (Å²) < 4.78 is 4.78. The summed E-state index contributed by atoms with van der Waals surface area (Å²) in [5, 5.41) is 9.43. The molecule has 0 aliphatic rings. The lowest BCUT2D eigenvalue weighted by Gasteiger charge is -2.03. The molecule has 0 unspecified atom stereocenters. The molecule has 0 aliphatic heterocycles. The highest BCUT2D eigenvalue weighted by Crippen LogP contribution is 2.16. The summed E-state index contributed by atoms with van der Waals surface area (Å²) in [5.41, 5.74) is 1.99. The van der Waals surface area contributed by atoms with Gasteiger partial charge in [0.2, 0.25) is 0 Å². The van der Waals surface area contributed by atoms with Crippen LogP contribution in [0.15, 0.2) is 36.4 Å². The fourth-order valence-electron chi connectivity index (χ4n) is 1.80. The molecule has 0 aliphatic carbocycles. The SMILES string of the molecule is CCOC(=O)CCNC(=O)c1cc(-c2ccccc2)n[nH]1. The van der Waals surface area contributed by atoms with Crippen LogP contribution in [0.25, 0.3) is 11.3 Å². The van der Waals surface area contributed by atoms with Crippen LogP contribution >= 0.6 is 0 Å². The van der Waals surface area contributed by atoms with Gasteiger partial charge in [-0.25, -0.2) is 0 Å². The average molecular weight is 287 g/mol. The fraction of sp³-hybridized carbons (Fsp3) is 0.267. The number of carbonyl (C=O) groups excluding carboxylic acids is 2. The number of carbonyl (C=O) groups is 2. The van der Waals surface area contributed by atoms with Crippen molar-refractivity contribution in [2.75, 3.05) is 13.2 Å². The standard InChI is InChI=1S/C15H17N3O3/c1-2-21-14(19)8-9-16-15(20)13-10-12(17-18-13)11-6-4-3-5-7-11/h3-7,10H,2,8-9H2,1H3,(H,16,20)(H,17,18). The van der Waals surface area contributed by atoms with E-state index in [0.29, 0.717) is 18.0 Å². The van der Waals surface area contributed by atoms with Crippen LogP contribution in [-0.4, -0.2) is 35.2 Å². The second-order valence-corrected chi connectivity index (χ2v) is 4.34. The van der Waals surface area contributed by atoms with E-state index in [1.165, 1.54) is 0 Å². The molecule has 2 N–H and O–H groups in total. The van der Waals surface area contributed by atoms with Crippen molar-refractivity contribution in [1.29, 1.82) is 0 Å². The minimum atomic E-state index is -0.326. The number of nitrogens with one attached hydrogen (secondary N) is 2. The second kappa shape index (κ2) is 7.23. The van der Waals surface area contributed by atoms with Gasteiger partial charge in [0.25, 0.3) is 5.91 Å². The Morgan fingerprint density at radius 3 is 2.76 bits per heavy atom. The minimum absolute atomic E-state index is 0.152. The fourth-order valence-corrected chi connectivity index (χ4v) is 1.80. The third-order valence-corrected chi connectivity index (χ3v) is 2.81. The van der Waals surface area contributed by atoms with Gasteiger partial charge in [0.05, 0.1) is 18.7 Å². The van der Waals surface area contributed by atoms with Gasteiger partial charge in [0.1, 0.15) is 5.69 Å². The highest BCUT2D eigenvalue weighted by molar-refractivity contribution is 5.93. The molecule has 6 heteroatoms. The number of hydrogen-bond donors (Lipinski definition) is 2. The molecule has 6 nitrogen and oxygen atoms in total. The Kier molecular flexibility index (Phi) is 5.09. The zero-order valence-electron chi connectivity index (χ0n) is 11.8. The van der Waals surface area contributed by atoms with E-state index in [9.17, 15) is 9.59 Å². The topological polar surface area (TPSA) is 84.1 Å². The number of benzene rings is 1. The van der Waals surface area contributed by atoms with Gasteiger partial charge in [-0.1, -0.05) is 30.3 Å². The Morgan fingerprint density at radius 1 is 1.29 bits per heavy atom. The quantitative estimate of drug-likeness (QED) is 0.793. The molecular formula is C15H17N3O3. The Labute approximate surface area is 122 Å². The molecule has 0 atom stereocenters. The third-order valence-electron chi connectivity index (χ3n) is 2.81. The van der Waals surface area contributed by atoms with E-state index >= 15 is 0 Å². The van der Waals surface area contributed by atoms with Crippen molar-refractivity contribution >= 4 is 11.9 Å². The number of hydrogen-bond acceptors (Lipinski definition) is 4. The number of H-pyrrole nitrogens is 1. The lowest BCUT2D eigenvalue weighted by molar-refractivity contribution is -0.142. The molecule has 21 heavy (non-hydrogen) atoms. The molecule has 1 aromatic heterocycles. The van der Waals surface area contributed by atoms with E-state index in [0.717, 1.165) is 5.56 Å². The van der Waals surface area contributed by atoms with E-state index < -0.39 is 0 Å². The van der Waals surface area contributed by atoms with Gasteiger partial charge in [-0.3, -0.25) is 14.7 Å². The third kappa shape index (κ3) is 4.17. The maximum Gasteiger partial charge on any atom is 0.307 e. The first kappa shape index (κ1) is 14.8. The lowest BCUT2D eigenvalue weighted by atomic mass is 10.1. The number of aromatic amines is 1. The van der Waals surface area contributed by atoms with Crippen molar-refractivity contribution in [1.82, 2.24) is 15.5 Å². The number of nitrogens with zero attached hydrogens (tertiary/aromatic N) is 1. The molecule has 1 aromatic carbocycles. The zero-order valence-corrected chi connectivity index (χ0v) is 11.8. The normalized spacial score (nSPS) is 10.1. The van der Waals surface area contributed by atoms with Crippen LogP contribution in [0.2, 0.25) is 0 Å². The molecule has 110 valence electrons. The maximum absolute atomic E-state index is 11.9. The van der Waals surface area contributed by atoms with Crippen LogP contribution in [0.3, 0.4) is 0 Å². The number of rotatable bonds is 6. The first-order valence-corrected chi connectivity index (χ1v) is 6.75. The van der Waals surface area contributed by atoms with Crippen LogP contribution in [0.5, 0.6) is 0 Å². The molecule has 2 aromatic rings. The Bertz CT molecular complexity index is 608. The van der Waals surface area contributed by atoms with Crippen molar-refractivity contribution in [2.45, 2.75) is 13.3 Å². The van der Waals surface area contributed by atoms with Gasteiger partial charge in [-0.2, -0.15) is 5.10 Å². The number of amides is 1. The Hall–Kier alpha value is -2.63. The van der Waals surface area contributed by atoms with E-state index in [1.54, 1.807) is 13.0 Å². The second-order valence-electron chi connectivity index (χ2n) is 4.34. The number of esters is 1. The molecule has 0 saturated heterocycles. The molecule has 1 amide bonds. The number of aromatic nitrogens is 2. The molecule has 0 bridgehead atoms. The molecule has 0 spiro atoms. The van der Waals surface area contributed by atoms with Crippen molar-refractivity contribution in [3.8, 4) is 11.3 Å². The summed E-state index contributed by atoms with van der Waals surface area (Å²) in [7, 11) is 0. The predicted molar refractivity (Wildman–Crippen MR) is 77.6 cm³/mol. The van der Waals surface area contributed by atoms with Gasteiger partial charge in [0, 0.05) is 12.1 Å². The van der Waals surface area contributed by atoms with Gasteiger partial charge in [-0.05, 0) is 13.0 Å². The van der Waals surface area contributed by atoms with E-state index in [4.69, 9.17) is 4.74 Å². The summed E-state index contributed by atoms with van der Waals surface area (Å²) in [6.07, 6.45) is 0.152. The molecular weight excluding hydrogens is 270 g/mol. The molecule has 0 saturated carbocycles. The zero-order chi connectivity index (χ0) is 15.1. The highest BCUT2D eigenvalue weighted by Gasteiger charge is 2.11. The monoisotopic (exact) mass is 287 g/mol. The van der Waals surface area contributed by atoms with E-state index in [2.05, 4.69) is 15.5 Å². The van der Waals surface area contributed by atoms with Crippen molar-refractivity contribution in [3.63, 3.8) is 0 Å². The molecule has 2 rings (SSSR count). The van der Waals surface area contributed by atoms with Crippen LogP contribution in [-0.2, 0) is 9.53 Å². The van der Waals surface area contributed by atoms with Gasteiger partial charge in [-0.15, -0.1) is 0 Å². The van der Waals surface area contributed by atoms with E-state index in [-0.39, 0.29) is 24.8 Å². The summed E-state index contributed by atoms with van der Waals surface area (Å²) >= 11 is 0. The van der Waals surface area contributed by atoms with Crippen LogP contribution < -0.4 is 5.32 Å². The largest absolute Gasteiger partial charge is 0.466 e. The van der Waals surface area contributed by atoms with E-state index in [1.807, 2.05) is 30.3 Å². The summed E-state index contributed by atoms with van der Waals surface area (Å²) in [5.74, 6) is -0.624. The van der Waals surface area contributed by atoms with Crippen LogP contribution in [0.4, 0.5) is 0 Å². The van der Waals surface area contributed by atoms with Gasteiger partial charge >= 0.3 is 5.97 Å². The summed E-state index contributed by atoms with van der Waals surface area (Å²) in [6, 6.07) is 11.2. The number of ether oxygens (including phenoxy) is 1. The average Bonchev–Trinajstić information content (AvgIpc) is 2.98. The minimum Gasteiger partial charge on any atom is -0.466 e. The molecule has 1 heterocycles. The Balaban J connectivity index is 1.89. The van der Waals surface area contributed by atoms with Crippen LogP contribution in [0.1, 0.15) is 23.8 Å². The smallest absolute Gasteiger partial charge is 0.307 e. The lowest BCUT2D eigenvalue weighted by Crippen LogP contribution is -2.26. The van der Waals surface area contributed by atoms with Crippen LogP contribution in [0, 0.1) is 0 Å². The van der Waals surface area contributed by atoms with Crippen molar-refractivity contribution < 1.29 is 14.3 Å². The van der Waals surface area contributed by atoms with Gasteiger partial charge in [0.15, 0.2) is 0 Å². The maximum atomic E-state index is 11.9. The highest BCUT2D eigenvalue weighted by atomic mass is 16.5. The van der Waals surface area contributed by atoms with Crippen molar-refractivity contribution in [2.24, 2.45) is 0 Å². The summed E-state index contributed by atoms with van der Waals surface area (Å²) in [6.45, 7) is 2.32. The first-order chi connectivity index (χ1) is 10.2. The Morgan fingerprint density at radius 2 is 2.05 bits per heavy atom. The predicted octanol–water partition coefficient (Wildman–Crippen LogP) is 1.76. The van der Waals surface area contributed by atoms with Gasteiger partial charge < -0.3 is 10.1 Å². The molecule has 0 radical (unpaired) electrons. The summed E-state index contributed by atoms with van der Waals surface area (Å²) in [4.78, 5) is 23.1.